The van der Waals surface area contributed by atoms with Crippen LogP contribution in [0.15, 0.2) is 36.0 Å². The van der Waals surface area contributed by atoms with Gasteiger partial charge in [0.15, 0.2) is 0 Å². The average molecular weight is 383 g/mol. The van der Waals surface area contributed by atoms with E-state index in [1.807, 2.05) is 25.3 Å². The van der Waals surface area contributed by atoms with E-state index in [1.54, 1.807) is 0 Å². The van der Waals surface area contributed by atoms with Crippen LogP contribution in [-0.4, -0.2) is 20.9 Å². The average Bonchev–Trinajstić information content (AvgIpc) is 2.95. The summed E-state index contributed by atoms with van der Waals surface area (Å²) >= 11 is 6.16. The molecule has 1 N–H and O–H groups in total. The van der Waals surface area contributed by atoms with Crippen molar-refractivity contribution in [3.8, 4) is 0 Å². The van der Waals surface area contributed by atoms with E-state index in [1.165, 1.54) is 30.4 Å². The fourth-order valence-electron chi connectivity index (χ4n) is 4.18. The van der Waals surface area contributed by atoms with Crippen molar-refractivity contribution in [2.75, 3.05) is 5.32 Å². The second-order valence-corrected chi connectivity index (χ2v) is 8.47. The van der Waals surface area contributed by atoms with Crippen molar-refractivity contribution >= 4 is 23.2 Å². The highest BCUT2D eigenvalue weighted by Crippen LogP contribution is 2.32. The number of halogens is 1. The van der Waals surface area contributed by atoms with Gasteiger partial charge in [-0.3, -0.25) is 4.90 Å². The third-order valence-corrected chi connectivity index (χ3v) is 6.08. The van der Waals surface area contributed by atoms with E-state index in [2.05, 4.69) is 41.2 Å². The number of hydrogen-bond acceptors (Lipinski definition) is 4. The summed E-state index contributed by atoms with van der Waals surface area (Å²) in [6.07, 6.45) is 8.04. The zero-order chi connectivity index (χ0) is 19.0. The number of aryl methyl sites for hydroxylation is 1. The highest BCUT2D eigenvalue weighted by molar-refractivity contribution is 6.30. The largest absolute Gasteiger partial charge is 0.324 e. The Bertz CT molecular complexity index is 856. The summed E-state index contributed by atoms with van der Waals surface area (Å²) in [7, 11) is 0. The Balaban J connectivity index is 1.47. The minimum atomic E-state index is 0.620. The third kappa shape index (κ3) is 4.17. The number of nitrogens with one attached hydrogen (secondary N) is 1. The van der Waals surface area contributed by atoms with Gasteiger partial charge >= 0.3 is 0 Å². The lowest BCUT2D eigenvalue weighted by atomic mass is 9.96. The quantitative estimate of drug-likeness (QED) is 0.698. The van der Waals surface area contributed by atoms with Crippen LogP contribution < -0.4 is 5.32 Å². The maximum atomic E-state index is 6.16. The van der Waals surface area contributed by atoms with Crippen LogP contribution in [0.4, 0.5) is 11.6 Å². The lowest BCUT2D eigenvalue weighted by Gasteiger charge is -2.28. The van der Waals surface area contributed by atoms with Gasteiger partial charge < -0.3 is 5.32 Å². The summed E-state index contributed by atoms with van der Waals surface area (Å²) in [5, 5.41) is 4.02. The van der Waals surface area contributed by atoms with Crippen LogP contribution >= 0.6 is 11.6 Å². The Morgan fingerprint density at radius 2 is 2.04 bits per heavy atom. The van der Waals surface area contributed by atoms with E-state index in [4.69, 9.17) is 16.6 Å². The monoisotopic (exact) mass is 382 g/mol. The second-order valence-electron chi connectivity index (χ2n) is 8.03. The first kappa shape index (κ1) is 18.5. The zero-order valence-electron chi connectivity index (χ0n) is 16.3. The van der Waals surface area contributed by atoms with Crippen molar-refractivity contribution in [3.63, 3.8) is 0 Å². The summed E-state index contributed by atoms with van der Waals surface area (Å²) in [5.74, 6) is 1.31. The molecule has 2 aromatic rings. The predicted octanol–water partition coefficient (Wildman–Crippen LogP) is 5.63. The van der Waals surface area contributed by atoms with Gasteiger partial charge in [-0.2, -0.15) is 0 Å². The predicted molar refractivity (Wildman–Crippen MR) is 111 cm³/mol. The first-order valence-electron chi connectivity index (χ1n) is 9.77. The Labute approximate surface area is 166 Å². The van der Waals surface area contributed by atoms with Gasteiger partial charge in [0.1, 0.15) is 0 Å². The van der Waals surface area contributed by atoms with Gasteiger partial charge in [-0.1, -0.05) is 30.2 Å². The van der Waals surface area contributed by atoms with Crippen LogP contribution in [0.1, 0.15) is 49.9 Å². The Morgan fingerprint density at radius 1 is 1.19 bits per heavy atom. The van der Waals surface area contributed by atoms with Crippen LogP contribution in [0.2, 0.25) is 5.02 Å². The number of fused-ring (bicyclic) bond motifs is 1. The molecular formula is C22H27ClN4. The molecule has 0 saturated heterocycles. The van der Waals surface area contributed by atoms with E-state index in [0.29, 0.717) is 17.9 Å². The summed E-state index contributed by atoms with van der Waals surface area (Å²) < 4.78 is 0. The molecule has 0 fully saturated rings. The molecule has 1 aromatic heterocycles. The molecular weight excluding hydrogens is 356 g/mol. The molecule has 0 radical (unpaired) electrons. The molecule has 0 unspecified atom stereocenters. The Kier molecular flexibility index (Phi) is 5.20. The third-order valence-electron chi connectivity index (χ3n) is 5.86. The zero-order valence-corrected chi connectivity index (χ0v) is 17.1. The van der Waals surface area contributed by atoms with Gasteiger partial charge in [0, 0.05) is 41.6 Å². The van der Waals surface area contributed by atoms with Crippen molar-refractivity contribution in [1.82, 2.24) is 14.9 Å². The van der Waals surface area contributed by atoms with Crippen molar-refractivity contribution in [1.29, 1.82) is 0 Å². The Morgan fingerprint density at radius 3 is 2.85 bits per heavy atom. The summed E-state index contributed by atoms with van der Waals surface area (Å²) in [6, 6.07) is 6.52. The molecule has 27 heavy (non-hydrogen) atoms. The minimum absolute atomic E-state index is 0.620. The molecule has 4 nitrogen and oxygen atoms in total. The topological polar surface area (TPSA) is 41.1 Å². The molecule has 1 aromatic carbocycles. The molecule has 0 amide bonds. The molecule has 4 rings (SSSR count). The van der Waals surface area contributed by atoms with Gasteiger partial charge in [-0.15, -0.1) is 0 Å². The Hall–Kier alpha value is -1.91. The van der Waals surface area contributed by atoms with Crippen molar-refractivity contribution in [3.05, 3.63) is 57.9 Å². The van der Waals surface area contributed by atoms with Gasteiger partial charge in [-0.25, -0.2) is 9.97 Å². The van der Waals surface area contributed by atoms with Crippen LogP contribution in [0.3, 0.4) is 0 Å². The fourth-order valence-corrected chi connectivity index (χ4v) is 4.47. The highest BCUT2D eigenvalue weighted by Gasteiger charge is 2.29. The molecule has 2 atom stereocenters. The molecule has 5 heteroatoms. The van der Waals surface area contributed by atoms with Gasteiger partial charge in [0.2, 0.25) is 5.95 Å². The lowest BCUT2D eigenvalue weighted by Crippen LogP contribution is -2.31. The van der Waals surface area contributed by atoms with E-state index in [9.17, 15) is 0 Å². The van der Waals surface area contributed by atoms with E-state index in [0.717, 1.165) is 35.1 Å². The standard InChI is InChI=1S/C22H27ClN4/c1-14-7-18(23)10-19(8-14)25-22-24-11-17-12-27(13-21(17)26-22)20-6-4-5-15(2)16(3)9-20/h5,7-8,10-11,16,20H,4,6,9,12-13H2,1-3H3,(H,24,25,26)/t16-,20-/m1/s1. The molecule has 0 spiro atoms. The summed E-state index contributed by atoms with van der Waals surface area (Å²) in [4.78, 5) is 11.9. The van der Waals surface area contributed by atoms with Crippen LogP contribution in [0, 0.1) is 12.8 Å². The molecule has 2 aliphatic rings. The van der Waals surface area contributed by atoms with Crippen molar-refractivity contribution < 1.29 is 0 Å². The first-order chi connectivity index (χ1) is 13.0. The molecule has 1 aliphatic carbocycles. The number of rotatable bonds is 3. The maximum absolute atomic E-state index is 6.16. The normalized spacial score (nSPS) is 22.9. The molecule has 0 saturated carbocycles. The maximum Gasteiger partial charge on any atom is 0.227 e. The molecule has 0 bridgehead atoms. The van der Waals surface area contributed by atoms with Crippen LogP contribution in [-0.2, 0) is 13.1 Å². The van der Waals surface area contributed by atoms with Gasteiger partial charge in [-0.05, 0) is 62.8 Å². The summed E-state index contributed by atoms with van der Waals surface area (Å²) in [6.45, 7) is 8.53. The number of nitrogens with zero attached hydrogens (tertiary/aromatic N) is 3. The molecule has 142 valence electrons. The minimum Gasteiger partial charge on any atom is -0.324 e. The van der Waals surface area contributed by atoms with Crippen LogP contribution in [0.25, 0.3) is 0 Å². The first-order valence-corrected chi connectivity index (χ1v) is 10.2. The van der Waals surface area contributed by atoms with E-state index in [-0.39, 0.29) is 0 Å². The lowest BCUT2D eigenvalue weighted by molar-refractivity contribution is 0.170. The number of allylic oxidation sites excluding steroid dienone is 2. The van der Waals surface area contributed by atoms with Gasteiger partial charge in [0.25, 0.3) is 0 Å². The molecule has 1 aliphatic heterocycles. The van der Waals surface area contributed by atoms with Crippen LogP contribution in [0.5, 0.6) is 0 Å². The molecule has 2 heterocycles. The van der Waals surface area contributed by atoms with Gasteiger partial charge in [0.05, 0.1) is 5.69 Å². The number of benzene rings is 1. The summed E-state index contributed by atoms with van der Waals surface area (Å²) in [5.41, 5.74) is 5.98. The number of aromatic nitrogens is 2. The smallest absolute Gasteiger partial charge is 0.227 e. The van der Waals surface area contributed by atoms with E-state index >= 15 is 0 Å². The van der Waals surface area contributed by atoms with Crippen molar-refractivity contribution in [2.45, 2.75) is 59.2 Å². The van der Waals surface area contributed by atoms with Crippen molar-refractivity contribution in [2.24, 2.45) is 5.92 Å². The highest BCUT2D eigenvalue weighted by atomic mass is 35.5. The van der Waals surface area contributed by atoms with E-state index < -0.39 is 0 Å². The SMILES string of the molecule is CC1=CCC[C@@H](N2Cc3cnc(Nc4cc(C)cc(Cl)c4)nc3C2)C[C@H]1C. The fraction of sp³-hybridized carbons (Fsp3) is 0.455. The second kappa shape index (κ2) is 7.61. The number of hydrogen-bond donors (Lipinski definition) is 1. The number of anilines is 2.